The molecule has 0 bridgehead atoms. The number of benzene rings is 1. The molecule has 1 unspecified atom stereocenters. The smallest absolute Gasteiger partial charge is 0.314 e. The second-order valence-corrected chi connectivity index (χ2v) is 6.33. The summed E-state index contributed by atoms with van der Waals surface area (Å²) in [6.07, 6.45) is 0. The fourth-order valence-corrected chi connectivity index (χ4v) is 3.63. The van der Waals surface area contributed by atoms with Crippen LogP contribution in [0.4, 0.5) is 0 Å². The zero-order valence-corrected chi connectivity index (χ0v) is 12.4. The van der Waals surface area contributed by atoms with E-state index >= 15 is 0 Å². The molecule has 102 valence electrons. The highest BCUT2D eigenvalue weighted by Crippen LogP contribution is 2.58. The predicted octanol–water partition coefficient (Wildman–Crippen LogP) is 3.53. The molecule has 0 spiro atoms. The van der Waals surface area contributed by atoms with Gasteiger partial charge in [0, 0.05) is 0 Å². The summed E-state index contributed by atoms with van der Waals surface area (Å²) in [4.78, 5) is 0. The number of rotatable bonds is 6. The number of hydrogen-bond acceptors (Lipinski definition) is 4. The van der Waals surface area contributed by atoms with E-state index in [2.05, 4.69) is 0 Å². The molecule has 0 amide bonds. The maximum atomic E-state index is 12.6. The zero-order chi connectivity index (χ0) is 13.8. The lowest BCUT2D eigenvalue weighted by molar-refractivity contribution is 0.212. The minimum atomic E-state index is -3.30. The Morgan fingerprint density at radius 3 is 2.22 bits per heavy atom. The molecule has 0 radical (unpaired) electrons. The van der Waals surface area contributed by atoms with E-state index in [1.807, 2.05) is 32.0 Å². The second-order valence-electron chi connectivity index (χ2n) is 4.18. The summed E-state index contributed by atoms with van der Waals surface area (Å²) in [6, 6.07) is 5.85. The maximum absolute atomic E-state index is 12.6. The lowest BCUT2D eigenvalue weighted by Gasteiger charge is -2.24. The highest BCUT2D eigenvalue weighted by Gasteiger charge is 2.34. The monoisotopic (exact) mass is 271 g/mol. The third-order valence-electron chi connectivity index (χ3n) is 2.70. The normalized spacial score (nSPS) is 13.6. The van der Waals surface area contributed by atoms with Crippen LogP contribution in [0.3, 0.4) is 0 Å². The average Bonchev–Trinajstić information content (AvgIpc) is 2.29. The summed E-state index contributed by atoms with van der Waals surface area (Å²) in [6.45, 7) is 8.14. The van der Waals surface area contributed by atoms with Crippen molar-refractivity contribution in [3.05, 3.63) is 34.9 Å². The van der Waals surface area contributed by atoms with Gasteiger partial charge in [0.15, 0.2) is 0 Å². The minimum Gasteiger partial charge on any atom is -0.314 e. The fraction of sp³-hybridized carbons (Fsp3) is 0.538. The van der Waals surface area contributed by atoms with Crippen molar-refractivity contribution < 1.29 is 13.6 Å². The van der Waals surface area contributed by atoms with Crippen molar-refractivity contribution >= 4 is 7.60 Å². The molecule has 1 atom stereocenters. The molecule has 0 saturated carbocycles. The summed E-state index contributed by atoms with van der Waals surface area (Å²) in [5, 5.41) is 0. The summed E-state index contributed by atoms with van der Waals surface area (Å²) >= 11 is 0. The first kappa shape index (κ1) is 15.4. The highest BCUT2D eigenvalue weighted by molar-refractivity contribution is 7.54. The Morgan fingerprint density at radius 1 is 1.22 bits per heavy atom. The Balaban J connectivity index is 3.09. The van der Waals surface area contributed by atoms with Crippen molar-refractivity contribution in [1.82, 2.24) is 0 Å². The van der Waals surface area contributed by atoms with E-state index in [0.717, 1.165) is 16.7 Å². The van der Waals surface area contributed by atoms with Crippen molar-refractivity contribution in [2.75, 3.05) is 13.2 Å². The minimum absolute atomic E-state index is 0.315. The Hall–Kier alpha value is -0.670. The van der Waals surface area contributed by atoms with Gasteiger partial charge < -0.3 is 14.8 Å². The van der Waals surface area contributed by atoms with Gasteiger partial charge in [-0.05, 0) is 38.8 Å². The SMILES string of the molecule is CCOP(=O)(OCC)C(N)c1ccc(C)cc1C. The van der Waals surface area contributed by atoms with Crippen LogP contribution < -0.4 is 5.73 Å². The van der Waals surface area contributed by atoms with Gasteiger partial charge in [-0.3, -0.25) is 4.57 Å². The van der Waals surface area contributed by atoms with Crippen molar-refractivity contribution in [2.24, 2.45) is 5.73 Å². The van der Waals surface area contributed by atoms with E-state index in [9.17, 15) is 4.57 Å². The number of aryl methyl sites for hydroxylation is 2. The number of hydrogen-bond donors (Lipinski definition) is 1. The van der Waals surface area contributed by atoms with E-state index in [1.54, 1.807) is 13.8 Å². The van der Waals surface area contributed by atoms with E-state index in [0.29, 0.717) is 13.2 Å². The predicted molar refractivity (Wildman–Crippen MR) is 73.7 cm³/mol. The molecule has 1 aromatic rings. The summed E-state index contributed by atoms with van der Waals surface area (Å²) in [7, 11) is -3.30. The quantitative estimate of drug-likeness (QED) is 0.804. The van der Waals surface area contributed by atoms with Crippen LogP contribution >= 0.6 is 7.60 Å². The molecular weight excluding hydrogens is 249 g/mol. The van der Waals surface area contributed by atoms with Gasteiger partial charge in [-0.1, -0.05) is 23.8 Å². The first-order valence-electron chi connectivity index (χ1n) is 6.16. The Bertz CT molecular complexity index is 438. The maximum Gasteiger partial charge on any atom is 0.351 e. The molecular formula is C13H22NO3P. The molecule has 1 aromatic carbocycles. The first-order chi connectivity index (χ1) is 8.44. The summed E-state index contributed by atoms with van der Waals surface area (Å²) < 4.78 is 23.1. The molecule has 0 aliphatic carbocycles. The molecule has 0 saturated heterocycles. The van der Waals surface area contributed by atoms with Crippen LogP contribution in [0.2, 0.25) is 0 Å². The van der Waals surface area contributed by atoms with Crippen molar-refractivity contribution in [2.45, 2.75) is 33.5 Å². The van der Waals surface area contributed by atoms with Crippen LogP contribution in [0.5, 0.6) is 0 Å². The fourth-order valence-electron chi connectivity index (χ4n) is 1.89. The molecule has 0 heterocycles. The van der Waals surface area contributed by atoms with E-state index in [1.165, 1.54) is 0 Å². The average molecular weight is 271 g/mol. The summed E-state index contributed by atoms with van der Waals surface area (Å²) in [5.74, 6) is -0.738. The Kier molecular flexibility index (Phi) is 5.54. The van der Waals surface area contributed by atoms with Gasteiger partial charge in [0.2, 0.25) is 0 Å². The van der Waals surface area contributed by atoms with Crippen LogP contribution in [-0.2, 0) is 13.6 Å². The standard InChI is InChI=1S/C13H22NO3P/c1-5-16-18(15,17-6-2)13(14)12-8-7-10(3)9-11(12)4/h7-9,13H,5-6,14H2,1-4H3. The van der Waals surface area contributed by atoms with Gasteiger partial charge in [0.05, 0.1) is 13.2 Å². The lowest BCUT2D eigenvalue weighted by Crippen LogP contribution is -2.16. The molecule has 0 aliphatic rings. The molecule has 0 fully saturated rings. The van der Waals surface area contributed by atoms with Crippen molar-refractivity contribution in [3.63, 3.8) is 0 Å². The van der Waals surface area contributed by atoms with Gasteiger partial charge in [-0.2, -0.15) is 0 Å². The van der Waals surface area contributed by atoms with Crippen LogP contribution in [0.1, 0.15) is 36.3 Å². The van der Waals surface area contributed by atoms with E-state index in [-0.39, 0.29) is 0 Å². The molecule has 5 heteroatoms. The van der Waals surface area contributed by atoms with Gasteiger partial charge >= 0.3 is 7.60 Å². The molecule has 18 heavy (non-hydrogen) atoms. The Morgan fingerprint density at radius 2 is 1.78 bits per heavy atom. The van der Waals surface area contributed by atoms with Gasteiger partial charge in [-0.25, -0.2) is 0 Å². The van der Waals surface area contributed by atoms with Gasteiger partial charge in [0.25, 0.3) is 0 Å². The lowest BCUT2D eigenvalue weighted by atomic mass is 10.1. The molecule has 0 aliphatic heterocycles. The van der Waals surface area contributed by atoms with Crippen molar-refractivity contribution in [3.8, 4) is 0 Å². The van der Waals surface area contributed by atoms with Crippen LogP contribution in [-0.4, -0.2) is 13.2 Å². The molecule has 4 nitrogen and oxygen atoms in total. The largest absolute Gasteiger partial charge is 0.351 e. The molecule has 2 N–H and O–H groups in total. The van der Waals surface area contributed by atoms with Crippen LogP contribution in [0.15, 0.2) is 18.2 Å². The summed E-state index contributed by atoms with van der Waals surface area (Å²) in [5.41, 5.74) is 9.04. The van der Waals surface area contributed by atoms with Crippen LogP contribution in [0.25, 0.3) is 0 Å². The van der Waals surface area contributed by atoms with E-state index < -0.39 is 13.4 Å². The highest BCUT2D eigenvalue weighted by atomic mass is 31.2. The third-order valence-corrected chi connectivity index (χ3v) is 4.90. The molecule has 1 rings (SSSR count). The van der Waals surface area contributed by atoms with Gasteiger partial charge in [-0.15, -0.1) is 0 Å². The molecule has 0 aromatic heterocycles. The zero-order valence-electron chi connectivity index (χ0n) is 11.5. The van der Waals surface area contributed by atoms with Crippen molar-refractivity contribution in [1.29, 1.82) is 0 Å². The second kappa shape index (κ2) is 6.48. The van der Waals surface area contributed by atoms with Gasteiger partial charge in [0.1, 0.15) is 5.78 Å². The van der Waals surface area contributed by atoms with E-state index in [4.69, 9.17) is 14.8 Å². The third kappa shape index (κ3) is 3.42. The first-order valence-corrected chi connectivity index (χ1v) is 7.77. The topological polar surface area (TPSA) is 61.5 Å². The van der Waals surface area contributed by atoms with Crippen LogP contribution in [0, 0.1) is 13.8 Å². The Labute approximate surface area is 109 Å². The number of nitrogens with two attached hydrogens (primary N) is 1.